The highest BCUT2D eigenvalue weighted by atomic mass is 19.4. The molecule has 0 radical (unpaired) electrons. The van der Waals surface area contributed by atoms with Crippen LogP contribution in [0.4, 0.5) is 13.2 Å². The van der Waals surface area contributed by atoms with Gasteiger partial charge in [-0.3, -0.25) is 5.10 Å². The van der Waals surface area contributed by atoms with Crippen molar-refractivity contribution in [1.29, 1.82) is 0 Å². The lowest BCUT2D eigenvalue weighted by Gasteiger charge is -2.09. The third-order valence-corrected chi connectivity index (χ3v) is 3.84. The monoisotopic (exact) mass is 316 g/mol. The van der Waals surface area contributed by atoms with Crippen LogP contribution in [-0.2, 0) is 6.18 Å². The second kappa shape index (κ2) is 4.58. The molecule has 0 amide bonds. The number of aromatic nitrogens is 4. The Hall–Kier alpha value is -2.83. The van der Waals surface area contributed by atoms with Crippen molar-refractivity contribution in [3.05, 3.63) is 54.0 Å². The number of fused-ring (bicyclic) bond motifs is 2. The van der Waals surface area contributed by atoms with Crippen LogP contribution in [0.3, 0.4) is 0 Å². The van der Waals surface area contributed by atoms with E-state index >= 15 is 0 Å². The standard InChI is InChI=1S/C16H11F3N4/c1-9-6-12(7-11-8-20-22-14(9)11)23-5-4-10-2-3-13(16(17,18)19)21-15(10)23/h2-8H,1H3,(H,20,22). The summed E-state index contributed by atoms with van der Waals surface area (Å²) < 4.78 is 40.4. The van der Waals surface area contributed by atoms with Crippen LogP contribution >= 0.6 is 0 Å². The number of nitrogens with one attached hydrogen (secondary N) is 1. The van der Waals surface area contributed by atoms with Crippen LogP contribution in [-0.4, -0.2) is 19.7 Å². The zero-order valence-corrected chi connectivity index (χ0v) is 12.0. The Kier molecular flexibility index (Phi) is 2.75. The number of halogens is 3. The first-order chi connectivity index (χ1) is 10.9. The highest BCUT2D eigenvalue weighted by molar-refractivity contribution is 5.85. The van der Waals surface area contributed by atoms with E-state index in [1.54, 1.807) is 23.0 Å². The lowest BCUT2D eigenvalue weighted by Crippen LogP contribution is -2.08. The summed E-state index contributed by atoms with van der Waals surface area (Å²) in [6.07, 6.45) is -1.06. The summed E-state index contributed by atoms with van der Waals surface area (Å²) in [5.74, 6) is 0. The minimum atomic E-state index is -4.46. The number of hydrogen-bond acceptors (Lipinski definition) is 2. The van der Waals surface area contributed by atoms with E-state index in [1.165, 1.54) is 6.07 Å². The van der Waals surface area contributed by atoms with Gasteiger partial charge in [-0.05, 0) is 42.8 Å². The number of aromatic amines is 1. The number of aryl methyl sites for hydroxylation is 1. The molecule has 23 heavy (non-hydrogen) atoms. The molecule has 4 nitrogen and oxygen atoms in total. The predicted octanol–water partition coefficient (Wildman–Crippen LogP) is 4.23. The van der Waals surface area contributed by atoms with Crippen molar-refractivity contribution in [3.8, 4) is 5.69 Å². The molecular weight excluding hydrogens is 305 g/mol. The minimum Gasteiger partial charge on any atom is -0.301 e. The Labute approximate surface area is 128 Å². The van der Waals surface area contributed by atoms with Crippen LogP contribution < -0.4 is 0 Å². The molecule has 0 saturated heterocycles. The number of nitrogens with zero attached hydrogens (tertiary/aromatic N) is 3. The largest absolute Gasteiger partial charge is 0.433 e. The van der Waals surface area contributed by atoms with Crippen LogP contribution in [0.15, 0.2) is 42.7 Å². The number of pyridine rings is 1. The number of rotatable bonds is 1. The molecule has 1 N–H and O–H groups in total. The van der Waals surface area contributed by atoms with Crippen LogP contribution in [0.1, 0.15) is 11.3 Å². The molecule has 3 heterocycles. The van der Waals surface area contributed by atoms with Gasteiger partial charge in [0.1, 0.15) is 11.3 Å². The maximum absolute atomic E-state index is 12.9. The van der Waals surface area contributed by atoms with Crippen molar-refractivity contribution in [3.63, 3.8) is 0 Å². The minimum absolute atomic E-state index is 0.280. The Morgan fingerprint density at radius 1 is 1.09 bits per heavy atom. The van der Waals surface area contributed by atoms with Crippen molar-refractivity contribution in [1.82, 2.24) is 19.7 Å². The molecule has 4 rings (SSSR count). The summed E-state index contributed by atoms with van der Waals surface area (Å²) >= 11 is 0. The van der Waals surface area contributed by atoms with Gasteiger partial charge in [-0.15, -0.1) is 0 Å². The van der Waals surface area contributed by atoms with Crippen LogP contribution in [0.2, 0.25) is 0 Å². The van der Waals surface area contributed by atoms with Gasteiger partial charge in [0.15, 0.2) is 0 Å². The molecule has 0 unspecified atom stereocenters. The third-order valence-electron chi connectivity index (χ3n) is 3.84. The number of hydrogen-bond donors (Lipinski definition) is 1. The third kappa shape index (κ3) is 2.16. The molecule has 7 heteroatoms. The van der Waals surface area contributed by atoms with Crippen molar-refractivity contribution < 1.29 is 13.2 Å². The summed E-state index contributed by atoms with van der Waals surface area (Å²) in [7, 11) is 0. The summed E-state index contributed by atoms with van der Waals surface area (Å²) in [5, 5.41) is 8.45. The summed E-state index contributed by atoms with van der Waals surface area (Å²) in [6.45, 7) is 1.92. The fourth-order valence-corrected chi connectivity index (χ4v) is 2.73. The van der Waals surface area contributed by atoms with Gasteiger partial charge in [-0.2, -0.15) is 18.3 Å². The van der Waals surface area contributed by atoms with Gasteiger partial charge in [0.25, 0.3) is 0 Å². The van der Waals surface area contributed by atoms with E-state index in [-0.39, 0.29) is 5.65 Å². The molecular formula is C16H11F3N4. The van der Waals surface area contributed by atoms with E-state index in [0.717, 1.165) is 28.2 Å². The molecule has 1 aromatic carbocycles. The topological polar surface area (TPSA) is 46.5 Å². The van der Waals surface area contributed by atoms with Gasteiger partial charge in [0.05, 0.1) is 11.7 Å². The number of H-pyrrole nitrogens is 1. The van der Waals surface area contributed by atoms with Gasteiger partial charge in [-0.1, -0.05) is 0 Å². The Morgan fingerprint density at radius 3 is 2.70 bits per heavy atom. The summed E-state index contributed by atoms with van der Waals surface area (Å²) in [4.78, 5) is 3.79. The molecule has 0 aliphatic heterocycles. The summed E-state index contributed by atoms with van der Waals surface area (Å²) in [6, 6.07) is 7.94. The van der Waals surface area contributed by atoms with Gasteiger partial charge < -0.3 is 4.57 Å². The van der Waals surface area contributed by atoms with E-state index in [4.69, 9.17) is 0 Å². The summed E-state index contributed by atoms with van der Waals surface area (Å²) in [5.41, 5.74) is 2.00. The maximum atomic E-state index is 12.9. The average Bonchev–Trinajstić information content (AvgIpc) is 3.11. The molecule has 0 spiro atoms. The number of benzene rings is 1. The average molecular weight is 316 g/mol. The Bertz CT molecular complexity index is 1030. The lowest BCUT2D eigenvalue weighted by atomic mass is 10.1. The second-order valence-corrected chi connectivity index (χ2v) is 5.39. The molecule has 0 aliphatic rings. The fraction of sp³-hybridized carbons (Fsp3) is 0.125. The van der Waals surface area contributed by atoms with Crippen molar-refractivity contribution in [2.75, 3.05) is 0 Å². The molecule has 3 aromatic heterocycles. The van der Waals surface area contributed by atoms with Crippen molar-refractivity contribution in [2.45, 2.75) is 13.1 Å². The molecule has 0 bridgehead atoms. The van der Waals surface area contributed by atoms with E-state index in [9.17, 15) is 13.2 Å². The van der Waals surface area contributed by atoms with Crippen LogP contribution in [0, 0.1) is 6.92 Å². The highest BCUT2D eigenvalue weighted by Crippen LogP contribution is 2.30. The van der Waals surface area contributed by atoms with Gasteiger partial charge in [-0.25, -0.2) is 4.98 Å². The van der Waals surface area contributed by atoms with E-state index < -0.39 is 11.9 Å². The first kappa shape index (κ1) is 13.8. The van der Waals surface area contributed by atoms with E-state index in [2.05, 4.69) is 15.2 Å². The molecule has 4 aromatic rings. The van der Waals surface area contributed by atoms with Crippen LogP contribution in [0.5, 0.6) is 0 Å². The Morgan fingerprint density at radius 2 is 1.91 bits per heavy atom. The molecule has 0 saturated carbocycles. The highest BCUT2D eigenvalue weighted by Gasteiger charge is 2.32. The zero-order valence-electron chi connectivity index (χ0n) is 12.0. The Balaban J connectivity index is 1.96. The number of alkyl halides is 3. The SMILES string of the molecule is Cc1cc(-n2ccc3ccc(C(F)(F)F)nc32)cc2cn[nH]c12. The quantitative estimate of drug-likeness (QED) is 0.571. The second-order valence-electron chi connectivity index (χ2n) is 5.39. The van der Waals surface area contributed by atoms with Gasteiger partial charge >= 0.3 is 6.18 Å². The molecule has 0 fully saturated rings. The van der Waals surface area contributed by atoms with Gasteiger partial charge in [0, 0.05) is 22.7 Å². The maximum Gasteiger partial charge on any atom is 0.433 e. The van der Waals surface area contributed by atoms with Gasteiger partial charge in [0.2, 0.25) is 0 Å². The normalized spacial score (nSPS) is 12.3. The molecule has 0 atom stereocenters. The van der Waals surface area contributed by atoms with E-state index in [1.807, 2.05) is 19.1 Å². The van der Waals surface area contributed by atoms with Crippen molar-refractivity contribution >= 4 is 21.9 Å². The predicted molar refractivity (Wildman–Crippen MR) is 80.5 cm³/mol. The van der Waals surface area contributed by atoms with Crippen LogP contribution in [0.25, 0.3) is 27.6 Å². The lowest BCUT2D eigenvalue weighted by molar-refractivity contribution is -0.141. The van der Waals surface area contributed by atoms with Crippen molar-refractivity contribution in [2.24, 2.45) is 0 Å². The first-order valence-electron chi connectivity index (χ1n) is 6.93. The molecule has 0 aliphatic carbocycles. The zero-order chi connectivity index (χ0) is 16.2. The fourth-order valence-electron chi connectivity index (χ4n) is 2.73. The van der Waals surface area contributed by atoms with E-state index in [0.29, 0.717) is 5.39 Å². The smallest absolute Gasteiger partial charge is 0.301 e. The molecule has 116 valence electrons. The first-order valence-corrected chi connectivity index (χ1v) is 6.93.